The number of nitrogens with one attached hydrogen (secondary N) is 1. The summed E-state index contributed by atoms with van der Waals surface area (Å²) in [6.07, 6.45) is 0. The number of benzene rings is 1. The molecule has 0 aromatic heterocycles. The second kappa shape index (κ2) is 6.31. The van der Waals surface area contributed by atoms with Crippen LogP contribution in [0.3, 0.4) is 0 Å². The second-order valence-electron chi connectivity index (χ2n) is 3.85. The van der Waals surface area contributed by atoms with Gasteiger partial charge in [0.2, 0.25) is 15.9 Å². The molecule has 0 fully saturated rings. The Morgan fingerprint density at radius 1 is 1.37 bits per heavy atom. The molecule has 0 unspecified atom stereocenters. The van der Waals surface area contributed by atoms with E-state index in [2.05, 4.69) is 5.32 Å². The number of nitrogens with zero attached hydrogens (tertiary/aromatic N) is 2. The van der Waals surface area contributed by atoms with Crippen molar-refractivity contribution in [3.8, 4) is 6.07 Å². The van der Waals surface area contributed by atoms with Gasteiger partial charge in [0.1, 0.15) is 0 Å². The summed E-state index contributed by atoms with van der Waals surface area (Å²) in [5.41, 5.74) is 0.380. The summed E-state index contributed by atoms with van der Waals surface area (Å²) < 4.78 is 25.2. The third-order valence-electron chi connectivity index (χ3n) is 2.43. The summed E-state index contributed by atoms with van der Waals surface area (Å²) in [6.45, 7) is 1.97. The molecule has 0 saturated heterocycles. The molecule has 0 heterocycles. The van der Waals surface area contributed by atoms with Gasteiger partial charge in [-0.15, -0.1) is 0 Å². The van der Waals surface area contributed by atoms with Crippen LogP contribution in [0.15, 0.2) is 29.2 Å². The second-order valence-corrected chi connectivity index (χ2v) is 5.90. The van der Waals surface area contributed by atoms with Crippen LogP contribution < -0.4 is 5.32 Å². The van der Waals surface area contributed by atoms with Crippen molar-refractivity contribution in [3.05, 3.63) is 29.8 Å². The highest BCUT2D eigenvalue weighted by Gasteiger charge is 2.22. The van der Waals surface area contributed by atoms with E-state index < -0.39 is 10.0 Å². The fraction of sp³-hybridized carbons (Fsp3) is 0.333. The zero-order valence-corrected chi connectivity index (χ0v) is 11.6. The van der Waals surface area contributed by atoms with Gasteiger partial charge >= 0.3 is 0 Å². The number of amides is 1. The average molecular weight is 281 g/mol. The fourth-order valence-electron chi connectivity index (χ4n) is 1.42. The Balaban J connectivity index is 2.90. The molecule has 1 aromatic rings. The number of rotatable bonds is 5. The van der Waals surface area contributed by atoms with Crippen LogP contribution in [-0.2, 0) is 14.8 Å². The SMILES string of the molecule is CCNC(=O)CN(C)S(=O)(=O)c1ccc(C#N)cc1. The van der Waals surface area contributed by atoms with Crippen LogP contribution in [0, 0.1) is 11.3 Å². The van der Waals surface area contributed by atoms with E-state index in [1.165, 1.54) is 31.3 Å². The van der Waals surface area contributed by atoms with Gasteiger partial charge in [-0.25, -0.2) is 8.42 Å². The molecule has 0 saturated carbocycles. The maximum Gasteiger partial charge on any atom is 0.243 e. The minimum absolute atomic E-state index is 0.0540. The maximum atomic E-state index is 12.1. The third-order valence-corrected chi connectivity index (χ3v) is 4.25. The van der Waals surface area contributed by atoms with Crippen molar-refractivity contribution in [1.82, 2.24) is 9.62 Å². The van der Waals surface area contributed by atoms with Gasteiger partial charge in [-0.05, 0) is 31.2 Å². The molecule has 6 nitrogen and oxygen atoms in total. The van der Waals surface area contributed by atoms with Crippen molar-refractivity contribution in [2.24, 2.45) is 0 Å². The molecule has 1 rings (SSSR count). The van der Waals surface area contributed by atoms with Gasteiger partial charge in [-0.2, -0.15) is 9.57 Å². The van der Waals surface area contributed by atoms with Crippen LogP contribution >= 0.6 is 0 Å². The van der Waals surface area contributed by atoms with E-state index in [-0.39, 0.29) is 17.3 Å². The first-order chi connectivity index (χ1) is 8.91. The van der Waals surface area contributed by atoms with Crippen molar-refractivity contribution in [2.45, 2.75) is 11.8 Å². The van der Waals surface area contributed by atoms with Gasteiger partial charge in [0.15, 0.2) is 0 Å². The van der Waals surface area contributed by atoms with Crippen molar-refractivity contribution < 1.29 is 13.2 Å². The summed E-state index contributed by atoms with van der Waals surface area (Å²) in [6, 6.07) is 7.46. The largest absolute Gasteiger partial charge is 0.355 e. The van der Waals surface area contributed by atoms with Crippen LogP contribution in [0.25, 0.3) is 0 Å². The highest BCUT2D eigenvalue weighted by molar-refractivity contribution is 7.89. The first kappa shape index (κ1) is 15.1. The normalized spacial score (nSPS) is 11.1. The number of hydrogen-bond donors (Lipinski definition) is 1. The molecule has 0 aliphatic heterocycles. The summed E-state index contributed by atoms with van der Waals surface area (Å²) in [4.78, 5) is 11.4. The molecule has 1 amide bonds. The van der Waals surface area contributed by atoms with Crippen LogP contribution in [0.2, 0.25) is 0 Å². The number of carbonyl (C=O) groups is 1. The Hall–Kier alpha value is -1.91. The van der Waals surface area contributed by atoms with Crippen LogP contribution in [0.1, 0.15) is 12.5 Å². The lowest BCUT2D eigenvalue weighted by Gasteiger charge is -2.16. The molecule has 7 heteroatoms. The van der Waals surface area contributed by atoms with Gasteiger partial charge in [-0.1, -0.05) is 0 Å². The Morgan fingerprint density at radius 3 is 2.42 bits per heavy atom. The van der Waals surface area contributed by atoms with E-state index in [4.69, 9.17) is 5.26 Å². The number of hydrogen-bond acceptors (Lipinski definition) is 4. The van der Waals surface area contributed by atoms with Gasteiger partial charge in [0, 0.05) is 13.6 Å². The molecule has 19 heavy (non-hydrogen) atoms. The van der Waals surface area contributed by atoms with Gasteiger partial charge in [-0.3, -0.25) is 4.79 Å². The van der Waals surface area contributed by atoms with E-state index in [0.717, 1.165) is 4.31 Å². The topological polar surface area (TPSA) is 90.3 Å². The molecule has 0 atom stereocenters. The van der Waals surface area contributed by atoms with Gasteiger partial charge < -0.3 is 5.32 Å². The average Bonchev–Trinajstić information content (AvgIpc) is 2.39. The van der Waals surface area contributed by atoms with Crippen molar-refractivity contribution in [1.29, 1.82) is 5.26 Å². The van der Waals surface area contributed by atoms with E-state index in [0.29, 0.717) is 12.1 Å². The van der Waals surface area contributed by atoms with E-state index in [1.54, 1.807) is 6.92 Å². The van der Waals surface area contributed by atoms with Crippen molar-refractivity contribution >= 4 is 15.9 Å². The number of sulfonamides is 1. The smallest absolute Gasteiger partial charge is 0.243 e. The van der Waals surface area contributed by atoms with Gasteiger partial charge in [0.05, 0.1) is 23.1 Å². The summed E-state index contributed by atoms with van der Waals surface area (Å²) in [7, 11) is -2.38. The van der Waals surface area contributed by atoms with E-state index in [1.807, 2.05) is 6.07 Å². The molecule has 0 bridgehead atoms. The van der Waals surface area contributed by atoms with E-state index >= 15 is 0 Å². The number of likely N-dealkylation sites (N-methyl/N-ethyl adjacent to an activating group) is 2. The van der Waals surface area contributed by atoms with Gasteiger partial charge in [0.25, 0.3) is 0 Å². The Kier molecular flexibility index (Phi) is 5.03. The zero-order chi connectivity index (χ0) is 14.5. The molecule has 1 N–H and O–H groups in total. The molecule has 0 spiro atoms. The predicted octanol–water partition coefficient (Wildman–Crippen LogP) is 0.315. The first-order valence-electron chi connectivity index (χ1n) is 5.65. The molecule has 0 aliphatic carbocycles. The fourth-order valence-corrected chi connectivity index (χ4v) is 2.55. The monoisotopic (exact) mass is 281 g/mol. The van der Waals surface area contributed by atoms with Crippen LogP contribution in [0.4, 0.5) is 0 Å². The minimum atomic E-state index is -3.71. The highest BCUT2D eigenvalue weighted by atomic mass is 32.2. The lowest BCUT2D eigenvalue weighted by Crippen LogP contribution is -2.38. The zero-order valence-electron chi connectivity index (χ0n) is 10.8. The van der Waals surface area contributed by atoms with Crippen LogP contribution in [0.5, 0.6) is 0 Å². The summed E-state index contributed by atoms with van der Waals surface area (Å²) in [5.74, 6) is -0.359. The van der Waals surface area contributed by atoms with Crippen LogP contribution in [-0.4, -0.2) is 38.8 Å². The lowest BCUT2D eigenvalue weighted by molar-refractivity contribution is -0.121. The van der Waals surface area contributed by atoms with E-state index in [9.17, 15) is 13.2 Å². The quantitative estimate of drug-likeness (QED) is 0.841. The molecule has 102 valence electrons. The lowest BCUT2D eigenvalue weighted by atomic mass is 10.2. The Bertz CT molecular complexity index is 588. The predicted molar refractivity (Wildman–Crippen MR) is 69.7 cm³/mol. The maximum absolute atomic E-state index is 12.1. The standard InChI is InChI=1S/C12H15N3O3S/c1-3-14-12(16)9-15(2)19(17,18)11-6-4-10(8-13)5-7-11/h4-7H,3,9H2,1-2H3,(H,14,16). The van der Waals surface area contributed by atoms with Crippen molar-refractivity contribution in [3.63, 3.8) is 0 Å². The molecular formula is C12H15N3O3S. The molecule has 1 aromatic carbocycles. The Labute approximate surface area is 112 Å². The third kappa shape index (κ3) is 3.77. The molecular weight excluding hydrogens is 266 g/mol. The summed E-state index contributed by atoms with van der Waals surface area (Å²) >= 11 is 0. The minimum Gasteiger partial charge on any atom is -0.355 e. The number of nitriles is 1. The van der Waals surface area contributed by atoms with Crippen molar-refractivity contribution in [2.75, 3.05) is 20.1 Å². The summed E-state index contributed by atoms with van der Waals surface area (Å²) in [5, 5.41) is 11.2. The first-order valence-corrected chi connectivity index (χ1v) is 7.09. The molecule has 0 radical (unpaired) electrons. The molecule has 0 aliphatic rings. The highest BCUT2D eigenvalue weighted by Crippen LogP contribution is 2.14. The number of carbonyl (C=O) groups excluding carboxylic acids is 1. The Morgan fingerprint density at radius 2 is 1.95 bits per heavy atom.